The Morgan fingerprint density at radius 3 is 2.15 bits per heavy atom. The van der Waals surface area contributed by atoms with Crippen LogP contribution < -0.4 is 11.1 Å². The van der Waals surface area contributed by atoms with Crippen molar-refractivity contribution >= 4 is 40.4 Å². The summed E-state index contributed by atoms with van der Waals surface area (Å²) < 4.78 is 61.3. The van der Waals surface area contributed by atoms with E-state index in [1.807, 2.05) is 0 Å². The molecule has 274 valence electrons. The van der Waals surface area contributed by atoms with Gasteiger partial charge in [-0.3, -0.25) is 13.6 Å². The van der Waals surface area contributed by atoms with Gasteiger partial charge in [0, 0.05) is 6.04 Å². The number of hydrogen-bond donors (Lipinski definition) is 7. The molecule has 0 bridgehead atoms. The summed E-state index contributed by atoms with van der Waals surface area (Å²) in [5.74, 6) is 0.0579. The highest BCUT2D eigenvalue weighted by molar-refractivity contribution is 7.66. The first-order chi connectivity index (χ1) is 22.8. The summed E-state index contributed by atoms with van der Waals surface area (Å²) >= 11 is 0. The highest BCUT2D eigenvalue weighted by atomic mass is 31.3. The Hall–Kier alpha value is -1.40. The Kier molecular flexibility index (Phi) is 14.9. The SMILES string of the molecule is Nc1ncnc2c1ncn2C1OC(COP(=O)(O)OP(=O)(O)OP(=O)(O)OCCCCCCNC2CCCCCCCCC2)C(O)C1O. The third-order valence-corrected chi connectivity index (χ3v) is 12.5. The molecule has 7 atom stereocenters. The van der Waals surface area contributed by atoms with Crippen LogP contribution in [0.25, 0.3) is 11.2 Å². The summed E-state index contributed by atoms with van der Waals surface area (Å²) in [5.41, 5.74) is 6.13. The number of phosphoric acid groups is 3. The molecule has 1 saturated carbocycles. The van der Waals surface area contributed by atoms with E-state index >= 15 is 0 Å². The maximum absolute atomic E-state index is 12.4. The Labute approximate surface area is 278 Å². The highest BCUT2D eigenvalue weighted by Crippen LogP contribution is 2.67. The third kappa shape index (κ3) is 12.1. The molecule has 4 rings (SSSR count). The molecular weight excluding hydrogens is 697 g/mol. The number of fused-ring (bicyclic) bond motifs is 1. The molecular formula is C26H47N6O13P3. The molecule has 2 aromatic rings. The number of nitrogens with zero attached hydrogens (tertiary/aromatic N) is 4. The maximum Gasteiger partial charge on any atom is 0.490 e. The summed E-state index contributed by atoms with van der Waals surface area (Å²) in [6.07, 6.45) is 10.6. The summed E-state index contributed by atoms with van der Waals surface area (Å²) in [5, 5.41) is 24.5. The standard InChI is InChI=1S/C26H47N6O13P3/c27-24-21-25(30-17-29-24)32(18-31-21)26-23(34)22(33)20(43-26)16-42-47(37,38)45-48(39,40)44-46(35,36)41-15-11-7-6-10-14-28-19-12-8-4-2-1-3-5-9-13-19/h17-20,22-23,26,28,33-34H,1-16H2,(H,35,36)(H,37,38)(H,39,40)(H2,27,29,30). The zero-order chi connectivity index (χ0) is 34.8. The van der Waals surface area contributed by atoms with Gasteiger partial charge >= 0.3 is 23.5 Å². The third-order valence-electron chi connectivity index (χ3n) is 8.18. The fraction of sp³-hybridized carbons (Fsp3) is 0.808. The van der Waals surface area contributed by atoms with Crippen LogP contribution in [0.1, 0.15) is 89.7 Å². The van der Waals surface area contributed by atoms with E-state index in [9.17, 15) is 38.6 Å². The van der Waals surface area contributed by atoms with Crippen LogP contribution in [0.5, 0.6) is 0 Å². The number of nitrogens with one attached hydrogen (secondary N) is 1. The lowest BCUT2D eigenvalue weighted by Crippen LogP contribution is -2.33. The lowest BCUT2D eigenvalue weighted by atomic mass is 9.97. The number of ether oxygens (including phenoxy) is 1. The maximum atomic E-state index is 12.4. The number of anilines is 1. The van der Waals surface area contributed by atoms with Gasteiger partial charge in [0.05, 0.1) is 19.5 Å². The second-order valence-electron chi connectivity index (χ2n) is 11.9. The van der Waals surface area contributed by atoms with Crippen molar-refractivity contribution in [2.75, 3.05) is 25.5 Å². The van der Waals surface area contributed by atoms with Crippen LogP contribution in [-0.4, -0.2) is 88.5 Å². The van der Waals surface area contributed by atoms with Crippen LogP contribution >= 0.6 is 23.5 Å². The lowest BCUT2D eigenvalue weighted by molar-refractivity contribution is -0.0503. The van der Waals surface area contributed by atoms with Gasteiger partial charge in [-0.25, -0.2) is 28.6 Å². The minimum absolute atomic E-state index is 0.0579. The quantitative estimate of drug-likeness (QED) is 0.0902. The number of unbranched alkanes of at least 4 members (excludes halogenated alkanes) is 3. The Morgan fingerprint density at radius 2 is 1.46 bits per heavy atom. The smallest absolute Gasteiger partial charge is 0.387 e. The van der Waals surface area contributed by atoms with Crippen LogP contribution in [0.15, 0.2) is 12.7 Å². The van der Waals surface area contributed by atoms with Gasteiger partial charge in [0.1, 0.15) is 30.2 Å². The number of imidazole rings is 1. The first kappa shape index (κ1) is 39.4. The minimum atomic E-state index is -5.68. The largest absolute Gasteiger partial charge is 0.490 e. The summed E-state index contributed by atoms with van der Waals surface area (Å²) in [6.45, 7) is -0.320. The molecule has 1 aliphatic heterocycles. The van der Waals surface area contributed by atoms with E-state index in [-0.39, 0.29) is 23.6 Å². The highest BCUT2D eigenvalue weighted by Gasteiger charge is 2.47. The van der Waals surface area contributed by atoms with E-state index in [2.05, 4.69) is 33.4 Å². The lowest BCUT2D eigenvalue weighted by Gasteiger charge is -2.20. The molecule has 0 spiro atoms. The van der Waals surface area contributed by atoms with E-state index in [0.29, 0.717) is 18.9 Å². The molecule has 1 saturated heterocycles. The molecule has 3 heterocycles. The van der Waals surface area contributed by atoms with E-state index in [0.717, 1.165) is 25.7 Å². The van der Waals surface area contributed by atoms with Crippen molar-refractivity contribution in [1.29, 1.82) is 0 Å². The predicted molar refractivity (Wildman–Crippen MR) is 171 cm³/mol. The molecule has 22 heteroatoms. The second kappa shape index (κ2) is 18.2. The van der Waals surface area contributed by atoms with Gasteiger partial charge in [0.2, 0.25) is 0 Å². The number of aromatic nitrogens is 4. The van der Waals surface area contributed by atoms with E-state index in [1.165, 1.54) is 68.7 Å². The number of phosphoric ester groups is 2. The van der Waals surface area contributed by atoms with E-state index < -0.39 is 54.6 Å². The van der Waals surface area contributed by atoms with Crippen molar-refractivity contribution in [1.82, 2.24) is 24.8 Å². The van der Waals surface area contributed by atoms with E-state index in [1.54, 1.807) is 0 Å². The normalized spacial score (nSPS) is 26.9. The Balaban J connectivity index is 1.14. The molecule has 2 aromatic heterocycles. The Bertz CT molecular complexity index is 1440. The summed E-state index contributed by atoms with van der Waals surface area (Å²) in [4.78, 5) is 41.6. The van der Waals surface area contributed by atoms with Crippen LogP contribution in [0.4, 0.5) is 5.82 Å². The number of nitrogen functional groups attached to an aromatic ring is 1. The zero-order valence-corrected chi connectivity index (χ0v) is 29.2. The van der Waals surface area contributed by atoms with Crippen molar-refractivity contribution < 1.29 is 61.0 Å². The van der Waals surface area contributed by atoms with Gasteiger partial charge < -0.3 is 40.7 Å². The topological polar surface area (TPSA) is 280 Å². The number of aliphatic hydroxyl groups excluding tert-OH is 2. The van der Waals surface area contributed by atoms with Gasteiger partial charge in [0.15, 0.2) is 17.7 Å². The molecule has 2 aliphatic rings. The molecule has 2 fully saturated rings. The van der Waals surface area contributed by atoms with Crippen LogP contribution in [0, 0.1) is 0 Å². The van der Waals surface area contributed by atoms with Crippen molar-refractivity contribution in [3.8, 4) is 0 Å². The minimum Gasteiger partial charge on any atom is -0.387 e. The van der Waals surface area contributed by atoms with Crippen LogP contribution in [0.3, 0.4) is 0 Å². The van der Waals surface area contributed by atoms with Crippen molar-refractivity contribution in [3.05, 3.63) is 12.7 Å². The van der Waals surface area contributed by atoms with Crippen LogP contribution in [0.2, 0.25) is 0 Å². The molecule has 0 amide bonds. The summed E-state index contributed by atoms with van der Waals surface area (Å²) in [6, 6.07) is 0.535. The van der Waals surface area contributed by atoms with Gasteiger partial charge in [-0.05, 0) is 32.2 Å². The number of nitrogens with two attached hydrogens (primary N) is 1. The molecule has 19 nitrogen and oxygen atoms in total. The van der Waals surface area contributed by atoms with Crippen molar-refractivity contribution in [3.63, 3.8) is 0 Å². The monoisotopic (exact) mass is 744 g/mol. The van der Waals surface area contributed by atoms with Gasteiger partial charge in [0.25, 0.3) is 0 Å². The average Bonchev–Trinajstić information content (AvgIpc) is 3.56. The molecule has 1 aliphatic carbocycles. The fourth-order valence-corrected chi connectivity index (χ4v) is 9.27. The van der Waals surface area contributed by atoms with Gasteiger partial charge in [-0.2, -0.15) is 8.62 Å². The Morgan fingerprint density at radius 1 is 0.833 bits per heavy atom. The van der Waals surface area contributed by atoms with Crippen molar-refractivity contribution in [2.45, 2.75) is 114 Å². The van der Waals surface area contributed by atoms with E-state index in [4.69, 9.17) is 15.0 Å². The number of hydrogen-bond acceptors (Lipinski definition) is 15. The molecule has 0 radical (unpaired) electrons. The predicted octanol–water partition coefficient (Wildman–Crippen LogP) is 3.44. The van der Waals surface area contributed by atoms with Gasteiger partial charge in [-0.15, -0.1) is 0 Å². The number of rotatable bonds is 17. The molecule has 48 heavy (non-hydrogen) atoms. The second-order valence-corrected chi connectivity index (χ2v) is 16.6. The van der Waals surface area contributed by atoms with Crippen molar-refractivity contribution in [2.24, 2.45) is 0 Å². The fourth-order valence-electron chi connectivity index (χ4n) is 5.72. The summed E-state index contributed by atoms with van der Waals surface area (Å²) in [7, 11) is -16.3. The average molecular weight is 745 g/mol. The molecule has 0 aromatic carbocycles. The first-order valence-corrected chi connectivity index (χ1v) is 20.6. The number of aliphatic hydroxyl groups is 2. The zero-order valence-electron chi connectivity index (χ0n) is 26.6. The molecule has 8 N–H and O–H groups in total. The first-order valence-electron chi connectivity index (χ1n) is 16.1. The van der Waals surface area contributed by atoms with Crippen LogP contribution in [-0.2, 0) is 36.1 Å². The molecule has 7 unspecified atom stereocenters. The van der Waals surface area contributed by atoms with Gasteiger partial charge in [-0.1, -0.05) is 57.8 Å².